The number of aliphatic hydroxyl groups is 1. The van der Waals surface area contributed by atoms with Crippen LogP contribution in [0.4, 0.5) is 0 Å². The molecular weight excluding hydrogens is 249 g/mol. The predicted molar refractivity (Wildman–Crippen MR) is 66.5 cm³/mol. The van der Waals surface area contributed by atoms with Crippen molar-refractivity contribution in [2.24, 2.45) is 0 Å². The minimum atomic E-state index is 0.151. The minimum Gasteiger partial charge on any atom is -0.491 e. The third-order valence-corrected chi connectivity index (χ3v) is 2.64. The molecule has 0 fully saturated rings. The number of likely N-dealkylation sites (N-methyl/N-ethyl adjacent to an activating group) is 1. The highest BCUT2D eigenvalue weighted by Gasteiger charge is 2.03. The summed E-state index contributed by atoms with van der Waals surface area (Å²) in [6.07, 6.45) is 0. The van der Waals surface area contributed by atoms with Crippen LogP contribution in [0.3, 0.4) is 0 Å². The van der Waals surface area contributed by atoms with Gasteiger partial charge in [-0.25, -0.2) is 0 Å². The Labute approximate surface area is 106 Å². The lowest BCUT2D eigenvalue weighted by molar-refractivity contribution is 0.192. The molecule has 0 saturated carbocycles. The molecule has 0 aliphatic rings. The summed E-state index contributed by atoms with van der Waals surface area (Å²) in [7, 11) is 1.92. The van der Waals surface area contributed by atoms with Gasteiger partial charge in [-0.2, -0.15) is 0 Å². The third kappa shape index (κ3) is 4.58. The van der Waals surface area contributed by atoms with Crippen molar-refractivity contribution >= 4 is 23.2 Å². The highest BCUT2D eigenvalue weighted by Crippen LogP contribution is 2.27. The Hall–Kier alpha value is -0.480. The standard InChI is InChI=1S/C11H15Cl2NO2/c1-14(4-6-15)5-7-16-11-3-2-9(12)8-10(11)13/h2-3,8,15H,4-7H2,1H3. The number of nitrogens with zero attached hydrogens (tertiary/aromatic N) is 1. The van der Waals surface area contributed by atoms with Gasteiger partial charge >= 0.3 is 0 Å². The molecule has 0 aliphatic heterocycles. The zero-order valence-corrected chi connectivity index (χ0v) is 10.6. The first kappa shape index (κ1) is 13.6. The molecule has 0 atom stereocenters. The van der Waals surface area contributed by atoms with Crippen LogP contribution in [0.2, 0.25) is 10.0 Å². The van der Waals surface area contributed by atoms with Gasteiger partial charge in [0.25, 0.3) is 0 Å². The van der Waals surface area contributed by atoms with Crippen LogP contribution in [0.15, 0.2) is 18.2 Å². The van der Waals surface area contributed by atoms with Crippen LogP contribution in [0, 0.1) is 0 Å². The molecule has 1 rings (SSSR count). The van der Waals surface area contributed by atoms with Crippen molar-refractivity contribution in [2.45, 2.75) is 0 Å². The molecule has 1 aromatic rings. The second-order valence-electron chi connectivity index (χ2n) is 3.45. The fraction of sp³-hybridized carbons (Fsp3) is 0.455. The molecule has 1 aromatic carbocycles. The molecule has 0 unspecified atom stereocenters. The van der Waals surface area contributed by atoms with E-state index in [4.69, 9.17) is 33.0 Å². The predicted octanol–water partition coefficient (Wildman–Crippen LogP) is 2.30. The maximum absolute atomic E-state index is 8.71. The summed E-state index contributed by atoms with van der Waals surface area (Å²) in [5.41, 5.74) is 0. The van der Waals surface area contributed by atoms with Crippen LogP contribution in [0.25, 0.3) is 0 Å². The summed E-state index contributed by atoms with van der Waals surface area (Å²) in [4.78, 5) is 1.98. The van der Waals surface area contributed by atoms with Gasteiger partial charge < -0.3 is 14.7 Å². The zero-order chi connectivity index (χ0) is 12.0. The average molecular weight is 264 g/mol. The quantitative estimate of drug-likeness (QED) is 0.855. The Balaban J connectivity index is 2.37. The van der Waals surface area contributed by atoms with Crippen molar-refractivity contribution in [2.75, 3.05) is 33.4 Å². The van der Waals surface area contributed by atoms with Crippen molar-refractivity contribution in [3.05, 3.63) is 28.2 Å². The molecule has 0 heterocycles. The highest BCUT2D eigenvalue weighted by atomic mass is 35.5. The molecular formula is C11H15Cl2NO2. The number of halogens is 2. The first-order valence-electron chi connectivity index (χ1n) is 5.00. The normalized spacial score (nSPS) is 10.8. The Kier molecular flexibility index (Phi) is 5.91. The van der Waals surface area contributed by atoms with E-state index in [9.17, 15) is 0 Å². The summed E-state index contributed by atoms with van der Waals surface area (Å²) in [5.74, 6) is 0.628. The topological polar surface area (TPSA) is 32.7 Å². The lowest BCUT2D eigenvalue weighted by Crippen LogP contribution is -2.27. The van der Waals surface area contributed by atoms with Gasteiger partial charge in [0.1, 0.15) is 12.4 Å². The van der Waals surface area contributed by atoms with Crippen molar-refractivity contribution in [1.82, 2.24) is 4.90 Å². The van der Waals surface area contributed by atoms with E-state index < -0.39 is 0 Å². The monoisotopic (exact) mass is 263 g/mol. The molecule has 0 aliphatic carbocycles. The lowest BCUT2D eigenvalue weighted by atomic mass is 10.3. The van der Waals surface area contributed by atoms with E-state index in [2.05, 4.69) is 0 Å². The lowest BCUT2D eigenvalue weighted by Gasteiger charge is -2.15. The van der Waals surface area contributed by atoms with Gasteiger partial charge in [-0.3, -0.25) is 0 Å². The van der Waals surface area contributed by atoms with Gasteiger partial charge in [-0.05, 0) is 25.2 Å². The maximum atomic E-state index is 8.71. The zero-order valence-electron chi connectivity index (χ0n) is 9.12. The second-order valence-corrected chi connectivity index (χ2v) is 4.29. The second kappa shape index (κ2) is 6.97. The Morgan fingerprint density at radius 3 is 2.69 bits per heavy atom. The van der Waals surface area contributed by atoms with E-state index in [1.54, 1.807) is 18.2 Å². The molecule has 0 amide bonds. The smallest absolute Gasteiger partial charge is 0.138 e. The number of hydrogen-bond donors (Lipinski definition) is 1. The highest BCUT2D eigenvalue weighted by molar-refractivity contribution is 6.35. The van der Waals surface area contributed by atoms with E-state index in [0.29, 0.717) is 28.9 Å². The maximum Gasteiger partial charge on any atom is 0.138 e. The first-order valence-corrected chi connectivity index (χ1v) is 5.76. The van der Waals surface area contributed by atoms with Crippen LogP contribution in [-0.4, -0.2) is 43.4 Å². The number of benzene rings is 1. The summed E-state index contributed by atoms with van der Waals surface area (Å²) >= 11 is 11.7. The van der Waals surface area contributed by atoms with E-state index >= 15 is 0 Å². The molecule has 0 aromatic heterocycles. The van der Waals surface area contributed by atoms with E-state index in [0.717, 1.165) is 6.54 Å². The fourth-order valence-electron chi connectivity index (χ4n) is 1.19. The van der Waals surface area contributed by atoms with Crippen LogP contribution < -0.4 is 4.74 Å². The van der Waals surface area contributed by atoms with Crippen LogP contribution >= 0.6 is 23.2 Å². The minimum absolute atomic E-state index is 0.151. The molecule has 0 radical (unpaired) electrons. The molecule has 0 bridgehead atoms. The molecule has 0 spiro atoms. The molecule has 1 N–H and O–H groups in total. The largest absolute Gasteiger partial charge is 0.491 e. The number of ether oxygens (including phenoxy) is 1. The van der Waals surface area contributed by atoms with Gasteiger partial charge in [0, 0.05) is 18.1 Å². The number of aliphatic hydroxyl groups excluding tert-OH is 1. The SMILES string of the molecule is CN(CCO)CCOc1ccc(Cl)cc1Cl. The van der Waals surface area contributed by atoms with Gasteiger partial charge in [-0.15, -0.1) is 0 Å². The summed E-state index contributed by atoms with van der Waals surface area (Å²) < 4.78 is 5.49. The van der Waals surface area contributed by atoms with Crippen molar-refractivity contribution in [3.8, 4) is 5.75 Å². The molecule has 0 saturated heterocycles. The van der Waals surface area contributed by atoms with E-state index in [1.807, 2.05) is 11.9 Å². The van der Waals surface area contributed by atoms with Crippen molar-refractivity contribution in [1.29, 1.82) is 0 Å². The van der Waals surface area contributed by atoms with Gasteiger partial charge in [0.15, 0.2) is 0 Å². The molecule has 5 heteroatoms. The Bertz CT molecular complexity index is 334. The summed E-state index contributed by atoms with van der Waals surface area (Å²) in [6, 6.07) is 5.13. The number of hydrogen-bond acceptors (Lipinski definition) is 3. The van der Waals surface area contributed by atoms with Gasteiger partial charge in [0.05, 0.1) is 11.6 Å². The molecule has 16 heavy (non-hydrogen) atoms. The van der Waals surface area contributed by atoms with E-state index in [-0.39, 0.29) is 6.61 Å². The summed E-state index contributed by atoms with van der Waals surface area (Å²) in [5, 5.41) is 9.81. The Morgan fingerprint density at radius 2 is 2.06 bits per heavy atom. The third-order valence-electron chi connectivity index (χ3n) is 2.11. The van der Waals surface area contributed by atoms with Gasteiger partial charge in [-0.1, -0.05) is 23.2 Å². The van der Waals surface area contributed by atoms with E-state index in [1.165, 1.54) is 0 Å². The van der Waals surface area contributed by atoms with Crippen molar-refractivity contribution in [3.63, 3.8) is 0 Å². The van der Waals surface area contributed by atoms with Crippen LogP contribution in [0.1, 0.15) is 0 Å². The fourth-order valence-corrected chi connectivity index (χ4v) is 1.65. The first-order chi connectivity index (χ1) is 7.63. The average Bonchev–Trinajstić information content (AvgIpc) is 2.22. The molecule has 90 valence electrons. The Morgan fingerprint density at radius 1 is 1.31 bits per heavy atom. The van der Waals surface area contributed by atoms with Crippen LogP contribution in [-0.2, 0) is 0 Å². The molecule has 3 nitrogen and oxygen atoms in total. The van der Waals surface area contributed by atoms with Gasteiger partial charge in [0.2, 0.25) is 0 Å². The van der Waals surface area contributed by atoms with Crippen molar-refractivity contribution < 1.29 is 9.84 Å². The number of rotatable bonds is 6. The summed E-state index contributed by atoms with van der Waals surface area (Å²) in [6.45, 7) is 2.05. The van der Waals surface area contributed by atoms with Crippen LogP contribution in [0.5, 0.6) is 5.75 Å².